The van der Waals surface area contributed by atoms with Crippen molar-refractivity contribution in [1.82, 2.24) is 0 Å². The molecule has 0 unspecified atom stereocenters. The van der Waals surface area contributed by atoms with E-state index in [2.05, 4.69) is 6.58 Å². The highest BCUT2D eigenvalue weighted by atomic mass is 32.2. The van der Waals surface area contributed by atoms with Crippen LogP contribution in [0.5, 0.6) is 0 Å². The van der Waals surface area contributed by atoms with Crippen LogP contribution in [0.25, 0.3) is 0 Å². The first-order valence-corrected chi connectivity index (χ1v) is 6.90. The standard InChI is InChI=1S/C15H18O3S/c1-4-13(16)19-15(3,5-2)14(17)18-11-12-9-7-6-8-10-12/h5-10H,2,4,11H2,1,3H3/t15-/m0/s1. The second kappa shape index (κ2) is 7.14. The molecule has 1 aromatic carbocycles. The SMILES string of the molecule is C=C[C@](C)(SC(=O)CC)C(=O)OCc1ccccc1. The summed E-state index contributed by atoms with van der Waals surface area (Å²) in [6.07, 6.45) is 1.83. The van der Waals surface area contributed by atoms with Crippen LogP contribution in [0.1, 0.15) is 25.8 Å². The Morgan fingerprint density at radius 1 is 1.37 bits per heavy atom. The molecule has 0 spiro atoms. The van der Waals surface area contributed by atoms with Crippen LogP contribution in [0.15, 0.2) is 43.0 Å². The molecule has 0 aromatic heterocycles. The molecule has 0 saturated carbocycles. The largest absolute Gasteiger partial charge is 0.460 e. The Labute approximate surface area is 118 Å². The Kier molecular flexibility index (Phi) is 5.83. The molecule has 1 aromatic rings. The van der Waals surface area contributed by atoms with Gasteiger partial charge in [-0.1, -0.05) is 55.1 Å². The molecule has 0 aliphatic carbocycles. The zero-order valence-corrected chi connectivity index (χ0v) is 12.0. The lowest BCUT2D eigenvalue weighted by molar-refractivity contribution is -0.146. The number of hydrogen-bond donors (Lipinski definition) is 0. The molecule has 3 nitrogen and oxygen atoms in total. The van der Waals surface area contributed by atoms with E-state index in [0.717, 1.165) is 17.3 Å². The number of carbonyl (C=O) groups is 2. The van der Waals surface area contributed by atoms with Gasteiger partial charge in [-0.2, -0.15) is 0 Å². The third-order valence-corrected chi connectivity index (χ3v) is 3.90. The van der Waals surface area contributed by atoms with Gasteiger partial charge in [0.2, 0.25) is 0 Å². The molecule has 19 heavy (non-hydrogen) atoms. The monoisotopic (exact) mass is 278 g/mol. The Hall–Kier alpha value is -1.55. The molecule has 102 valence electrons. The van der Waals surface area contributed by atoms with Crippen molar-refractivity contribution in [2.75, 3.05) is 0 Å². The van der Waals surface area contributed by atoms with Crippen molar-refractivity contribution in [3.8, 4) is 0 Å². The van der Waals surface area contributed by atoms with Gasteiger partial charge < -0.3 is 4.74 Å². The first kappa shape index (κ1) is 15.5. The molecule has 1 rings (SSSR count). The minimum atomic E-state index is -1.03. The lowest BCUT2D eigenvalue weighted by Gasteiger charge is -2.21. The zero-order valence-electron chi connectivity index (χ0n) is 11.2. The fourth-order valence-electron chi connectivity index (χ4n) is 1.34. The summed E-state index contributed by atoms with van der Waals surface area (Å²) in [4.78, 5) is 23.5. The van der Waals surface area contributed by atoms with E-state index < -0.39 is 10.7 Å². The smallest absolute Gasteiger partial charge is 0.326 e. The summed E-state index contributed by atoms with van der Waals surface area (Å²) in [5.74, 6) is -0.446. The van der Waals surface area contributed by atoms with E-state index in [9.17, 15) is 9.59 Å². The number of thioether (sulfide) groups is 1. The summed E-state index contributed by atoms with van der Waals surface area (Å²) in [6.45, 7) is 7.22. The molecule has 0 saturated heterocycles. The normalized spacial score (nSPS) is 13.4. The van der Waals surface area contributed by atoms with Crippen LogP contribution in [0.4, 0.5) is 0 Å². The highest BCUT2D eigenvalue weighted by Gasteiger charge is 2.34. The fourth-order valence-corrected chi connectivity index (χ4v) is 2.18. The second-order valence-electron chi connectivity index (χ2n) is 4.20. The van der Waals surface area contributed by atoms with Crippen molar-refractivity contribution < 1.29 is 14.3 Å². The summed E-state index contributed by atoms with van der Waals surface area (Å²) in [5.41, 5.74) is 0.911. The summed E-state index contributed by atoms with van der Waals surface area (Å²) in [7, 11) is 0. The zero-order chi connectivity index (χ0) is 14.3. The van der Waals surface area contributed by atoms with Crippen molar-refractivity contribution in [3.05, 3.63) is 48.6 Å². The van der Waals surface area contributed by atoms with E-state index in [0.29, 0.717) is 6.42 Å². The topological polar surface area (TPSA) is 43.4 Å². The Morgan fingerprint density at radius 2 is 2.00 bits per heavy atom. The van der Waals surface area contributed by atoms with Gasteiger partial charge in [0.05, 0.1) is 0 Å². The van der Waals surface area contributed by atoms with Crippen LogP contribution in [-0.4, -0.2) is 15.8 Å². The molecule has 0 radical (unpaired) electrons. The highest BCUT2D eigenvalue weighted by molar-refractivity contribution is 8.15. The molecule has 0 aliphatic rings. The third kappa shape index (κ3) is 4.56. The van der Waals surface area contributed by atoms with Gasteiger partial charge >= 0.3 is 5.97 Å². The van der Waals surface area contributed by atoms with E-state index in [1.165, 1.54) is 6.08 Å². The first-order valence-electron chi connectivity index (χ1n) is 6.08. The number of rotatable bonds is 6. The molecule has 0 amide bonds. The van der Waals surface area contributed by atoms with E-state index >= 15 is 0 Å². The van der Waals surface area contributed by atoms with Crippen molar-refractivity contribution in [3.63, 3.8) is 0 Å². The van der Waals surface area contributed by atoms with Crippen molar-refractivity contribution in [1.29, 1.82) is 0 Å². The van der Waals surface area contributed by atoms with Gasteiger partial charge in [-0.25, -0.2) is 0 Å². The lowest BCUT2D eigenvalue weighted by Crippen LogP contribution is -2.32. The molecule has 0 aliphatic heterocycles. The second-order valence-corrected chi connectivity index (χ2v) is 5.71. The maximum atomic E-state index is 12.1. The summed E-state index contributed by atoms with van der Waals surface area (Å²) < 4.78 is 4.22. The van der Waals surface area contributed by atoms with Crippen LogP contribution in [-0.2, 0) is 20.9 Å². The van der Waals surface area contributed by atoms with Crippen molar-refractivity contribution >= 4 is 22.8 Å². The molecule has 0 heterocycles. The molecule has 0 fully saturated rings. The van der Waals surface area contributed by atoms with Gasteiger partial charge in [0, 0.05) is 6.42 Å². The molecule has 4 heteroatoms. The quantitative estimate of drug-likeness (QED) is 0.591. The molecule has 0 bridgehead atoms. The van der Waals surface area contributed by atoms with Crippen LogP contribution in [0.3, 0.4) is 0 Å². The van der Waals surface area contributed by atoms with Gasteiger partial charge in [0.25, 0.3) is 0 Å². The molecule has 0 N–H and O–H groups in total. The number of benzene rings is 1. The lowest BCUT2D eigenvalue weighted by atomic mass is 10.2. The number of ether oxygens (including phenoxy) is 1. The third-order valence-electron chi connectivity index (χ3n) is 2.62. The van der Waals surface area contributed by atoms with Gasteiger partial charge in [-0.15, -0.1) is 6.58 Å². The average Bonchev–Trinajstić information content (AvgIpc) is 2.45. The predicted octanol–water partition coefficient (Wildman–Crippen LogP) is 3.34. The van der Waals surface area contributed by atoms with Crippen LogP contribution >= 0.6 is 11.8 Å². The highest BCUT2D eigenvalue weighted by Crippen LogP contribution is 2.29. The van der Waals surface area contributed by atoms with Gasteiger partial charge in [0.15, 0.2) is 5.12 Å². The van der Waals surface area contributed by atoms with Crippen LogP contribution < -0.4 is 0 Å². The Bertz CT molecular complexity index is 456. The van der Waals surface area contributed by atoms with E-state index in [1.807, 2.05) is 30.3 Å². The summed E-state index contributed by atoms with van der Waals surface area (Å²) >= 11 is 0.959. The summed E-state index contributed by atoms with van der Waals surface area (Å²) in [6, 6.07) is 9.41. The average molecular weight is 278 g/mol. The molecular formula is C15H18O3S. The number of hydrogen-bond acceptors (Lipinski definition) is 4. The maximum Gasteiger partial charge on any atom is 0.326 e. The Balaban J connectivity index is 2.64. The van der Waals surface area contributed by atoms with Crippen molar-refractivity contribution in [2.45, 2.75) is 31.6 Å². The van der Waals surface area contributed by atoms with E-state index in [-0.39, 0.29) is 11.7 Å². The first-order chi connectivity index (χ1) is 9.01. The minimum Gasteiger partial charge on any atom is -0.460 e. The fraction of sp³-hybridized carbons (Fsp3) is 0.333. The number of esters is 1. The van der Waals surface area contributed by atoms with E-state index in [4.69, 9.17) is 4.74 Å². The number of carbonyl (C=O) groups excluding carboxylic acids is 2. The van der Waals surface area contributed by atoms with Gasteiger partial charge in [-0.3, -0.25) is 9.59 Å². The van der Waals surface area contributed by atoms with Crippen molar-refractivity contribution in [2.24, 2.45) is 0 Å². The molecule has 1 atom stereocenters. The Morgan fingerprint density at radius 3 is 2.53 bits per heavy atom. The van der Waals surface area contributed by atoms with Crippen LogP contribution in [0, 0.1) is 0 Å². The van der Waals surface area contributed by atoms with Gasteiger partial charge in [-0.05, 0) is 12.5 Å². The maximum absolute atomic E-state index is 12.1. The van der Waals surface area contributed by atoms with E-state index in [1.54, 1.807) is 13.8 Å². The van der Waals surface area contributed by atoms with Crippen LogP contribution in [0.2, 0.25) is 0 Å². The molecular weight excluding hydrogens is 260 g/mol. The predicted molar refractivity (Wildman–Crippen MR) is 77.7 cm³/mol. The van der Waals surface area contributed by atoms with Gasteiger partial charge in [0.1, 0.15) is 11.4 Å². The summed E-state index contributed by atoms with van der Waals surface area (Å²) in [5, 5.41) is -0.0564. The minimum absolute atomic E-state index is 0.0564.